The monoisotopic (exact) mass is 253 g/mol. The first-order valence-electron chi connectivity index (χ1n) is 5.86. The Kier molecular flexibility index (Phi) is 4.74. The molecule has 0 bridgehead atoms. The van der Waals surface area contributed by atoms with E-state index in [0.29, 0.717) is 5.54 Å². The Morgan fingerprint density at radius 1 is 1.00 bits per heavy atom. The zero-order chi connectivity index (χ0) is 13.1. The predicted molar refractivity (Wildman–Crippen MR) is 75.3 cm³/mol. The molecule has 0 radical (unpaired) electrons. The van der Waals surface area contributed by atoms with Crippen LogP contribution >= 0.6 is 0 Å². The summed E-state index contributed by atoms with van der Waals surface area (Å²) in [6.45, 7) is 4.30. The molecule has 3 nitrogen and oxygen atoms in total. The Morgan fingerprint density at radius 3 is 1.76 bits per heavy atom. The Labute approximate surface area is 106 Å². The van der Waals surface area contributed by atoms with Crippen LogP contribution in [0.5, 0.6) is 0 Å². The van der Waals surface area contributed by atoms with Gasteiger partial charge in [0.15, 0.2) is 0 Å². The standard InChI is InChI=1S/C13H23NO2Si/c1-11(2)17(15-5,16-6)13-9-7-12(8-10-13)14(3)4/h7-11H,1-6H3. The highest BCUT2D eigenvalue weighted by Gasteiger charge is 2.41. The largest absolute Gasteiger partial charge is 0.394 e. The molecule has 0 atom stereocenters. The Bertz CT molecular complexity index is 345. The van der Waals surface area contributed by atoms with Crippen LogP contribution in [-0.2, 0) is 8.85 Å². The topological polar surface area (TPSA) is 21.7 Å². The van der Waals surface area contributed by atoms with Crippen LogP contribution < -0.4 is 10.1 Å². The van der Waals surface area contributed by atoms with E-state index in [-0.39, 0.29) is 0 Å². The number of nitrogens with zero attached hydrogens (tertiary/aromatic N) is 1. The number of hydrogen-bond donors (Lipinski definition) is 0. The van der Waals surface area contributed by atoms with Gasteiger partial charge in [-0.1, -0.05) is 26.0 Å². The minimum Gasteiger partial charge on any atom is -0.394 e. The summed E-state index contributed by atoms with van der Waals surface area (Å²) < 4.78 is 11.5. The summed E-state index contributed by atoms with van der Waals surface area (Å²) in [4.78, 5) is 2.09. The third-order valence-corrected chi connectivity index (χ3v) is 7.02. The van der Waals surface area contributed by atoms with E-state index in [0.717, 1.165) is 0 Å². The van der Waals surface area contributed by atoms with Crippen LogP contribution in [0.15, 0.2) is 24.3 Å². The molecule has 0 fully saturated rings. The molecule has 0 unspecified atom stereocenters. The van der Waals surface area contributed by atoms with Crippen molar-refractivity contribution in [1.82, 2.24) is 0 Å². The summed E-state index contributed by atoms with van der Waals surface area (Å²) in [7, 11) is 5.29. The van der Waals surface area contributed by atoms with Gasteiger partial charge in [0.25, 0.3) is 0 Å². The lowest BCUT2D eigenvalue weighted by Crippen LogP contribution is -2.54. The molecule has 1 aromatic carbocycles. The quantitative estimate of drug-likeness (QED) is 0.750. The van der Waals surface area contributed by atoms with Gasteiger partial charge in [-0.05, 0) is 17.3 Å². The summed E-state index contributed by atoms with van der Waals surface area (Å²) >= 11 is 0. The third-order valence-electron chi connectivity index (χ3n) is 3.15. The van der Waals surface area contributed by atoms with Crippen molar-refractivity contribution >= 4 is 19.4 Å². The van der Waals surface area contributed by atoms with Gasteiger partial charge in [0, 0.05) is 39.5 Å². The van der Waals surface area contributed by atoms with E-state index in [1.165, 1.54) is 10.9 Å². The summed E-state index contributed by atoms with van der Waals surface area (Å²) in [6, 6.07) is 8.46. The van der Waals surface area contributed by atoms with E-state index in [1.807, 2.05) is 14.1 Å². The summed E-state index contributed by atoms with van der Waals surface area (Å²) in [5, 5.41) is 1.18. The molecule has 0 aromatic heterocycles. The third kappa shape index (κ3) is 2.70. The van der Waals surface area contributed by atoms with Crippen LogP contribution in [0.4, 0.5) is 5.69 Å². The van der Waals surface area contributed by atoms with Crippen LogP contribution in [0, 0.1) is 0 Å². The van der Waals surface area contributed by atoms with Crippen LogP contribution in [0.25, 0.3) is 0 Å². The number of anilines is 1. The minimum atomic E-state index is -2.27. The van der Waals surface area contributed by atoms with Crippen molar-refractivity contribution in [2.24, 2.45) is 0 Å². The zero-order valence-corrected chi connectivity index (χ0v) is 12.7. The minimum absolute atomic E-state index is 0.378. The molecule has 0 aliphatic rings. The lowest BCUT2D eigenvalue weighted by atomic mass is 10.3. The van der Waals surface area contributed by atoms with Gasteiger partial charge in [0.2, 0.25) is 0 Å². The van der Waals surface area contributed by atoms with Crippen molar-refractivity contribution in [3.05, 3.63) is 24.3 Å². The molecule has 0 spiro atoms. The van der Waals surface area contributed by atoms with E-state index in [2.05, 4.69) is 43.0 Å². The molecule has 1 aromatic rings. The van der Waals surface area contributed by atoms with E-state index in [1.54, 1.807) is 14.2 Å². The van der Waals surface area contributed by atoms with Gasteiger partial charge in [-0.2, -0.15) is 0 Å². The normalized spacial score (nSPS) is 11.9. The molecule has 96 valence electrons. The summed E-state index contributed by atoms with van der Waals surface area (Å²) in [5.74, 6) is 0. The number of rotatable bonds is 5. The van der Waals surface area contributed by atoms with Gasteiger partial charge in [-0.3, -0.25) is 0 Å². The molecule has 1 rings (SSSR count). The maximum Gasteiger partial charge on any atom is 0.374 e. The SMILES string of the molecule is CO[Si](OC)(c1ccc(N(C)C)cc1)C(C)C. The van der Waals surface area contributed by atoms with E-state index in [9.17, 15) is 0 Å². The lowest BCUT2D eigenvalue weighted by molar-refractivity contribution is 0.248. The maximum atomic E-state index is 5.74. The van der Waals surface area contributed by atoms with Gasteiger partial charge in [-0.25, -0.2) is 0 Å². The highest BCUT2D eigenvalue weighted by molar-refractivity contribution is 6.82. The van der Waals surface area contributed by atoms with E-state index < -0.39 is 8.56 Å². The van der Waals surface area contributed by atoms with Crippen molar-refractivity contribution in [2.75, 3.05) is 33.2 Å². The number of benzene rings is 1. The van der Waals surface area contributed by atoms with Crippen LogP contribution in [0.2, 0.25) is 5.54 Å². The predicted octanol–water partition coefficient (Wildman–Crippen LogP) is 2.10. The molecule has 17 heavy (non-hydrogen) atoms. The average molecular weight is 253 g/mol. The molecule has 0 amide bonds. The second-order valence-corrected chi connectivity index (χ2v) is 8.56. The van der Waals surface area contributed by atoms with Gasteiger partial charge < -0.3 is 13.8 Å². The molecule has 0 aliphatic carbocycles. The second kappa shape index (κ2) is 5.66. The molecular formula is C13H23NO2Si. The van der Waals surface area contributed by atoms with E-state index >= 15 is 0 Å². The zero-order valence-electron chi connectivity index (χ0n) is 11.7. The fourth-order valence-corrected chi connectivity index (χ4v) is 4.99. The Hall–Kier alpha value is -0.843. The first kappa shape index (κ1) is 14.2. The van der Waals surface area contributed by atoms with Crippen molar-refractivity contribution in [3.8, 4) is 0 Å². The average Bonchev–Trinajstić information content (AvgIpc) is 2.31. The highest BCUT2D eigenvalue weighted by atomic mass is 28.4. The highest BCUT2D eigenvalue weighted by Crippen LogP contribution is 2.22. The van der Waals surface area contributed by atoms with Crippen LogP contribution in [0.1, 0.15) is 13.8 Å². The first-order valence-corrected chi connectivity index (χ1v) is 7.75. The van der Waals surface area contributed by atoms with Crippen LogP contribution in [0.3, 0.4) is 0 Å². The molecule has 0 N–H and O–H groups in total. The maximum absolute atomic E-state index is 5.74. The Morgan fingerprint density at radius 2 is 1.47 bits per heavy atom. The van der Waals surface area contributed by atoms with Crippen molar-refractivity contribution < 1.29 is 8.85 Å². The van der Waals surface area contributed by atoms with Crippen molar-refractivity contribution in [1.29, 1.82) is 0 Å². The molecule has 0 saturated carbocycles. The number of hydrogen-bond acceptors (Lipinski definition) is 3. The van der Waals surface area contributed by atoms with Gasteiger partial charge in [0.1, 0.15) is 0 Å². The molecule has 0 heterocycles. The fourth-order valence-electron chi connectivity index (χ4n) is 2.12. The molecule has 4 heteroatoms. The molecule has 0 aliphatic heterocycles. The van der Waals surface area contributed by atoms with Gasteiger partial charge in [0.05, 0.1) is 0 Å². The van der Waals surface area contributed by atoms with Crippen molar-refractivity contribution in [3.63, 3.8) is 0 Å². The van der Waals surface area contributed by atoms with Crippen LogP contribution in [-0.4, -0.2) is 36.9 Å². The van der Waals surface area contributed by atoms with E-state index in [4.69, 9.17) is 8.85 Å². The van der Waals surface area contributed by atoms with Crippen molar-refractivity contribution in [2.45, 2.75) is 19.4 Å². The summed E-state index contributed by atoms with van der Waals surface area (Å²) in [6.07, 6.45) is 0. The smallest absolute Gasteiger partial charge is 0.374 e. The summed E-state index contributed by atoms with van der Waals surface area (Å²) in [5.41, 5.74) is 1.57. The van der Waals surface area contributed by atoms with Gasteiger partial charge >= 0.3 is 8.56 Å². The lowest BCUT2D eigenvalue weighted by Gasteiger charge is -2.31. The molecule has 0 saturated heterocycles. The Balaban J connectivity index is 3.12. The first-order chi connectivity index (χ1) is 7.97. The molecular weight excluding hydrogens is 230 g/mol. The fraction of sp³-hybridized carbons (Fsp3) is 0.538. The second-order valence-electron chi connectivity index (χ2n) is 4.67. The van der Waals surface area contributed by atoms with Gasteiger partial charge in [-0.15, -0.1) is 0 Å².